The number of hydrogen-bond acceptors (Lipinski definition) is 3. The Kier molecular flexibility index (Phi) is 6.83. The Hall–Kier alpha value is -2.53. The van der Waals surface area contributed by atoms with Crippen LogP contribution >= 0.6 is 11.6 Å². The van der Waals surface area contributed by atoms with Crippen LogP contribution in [0.15, 0.2) is 48.5 Å². The molecule has 0 aliphatic carbocycles. The summed E-state index contributed by atoms with van der Waals surface area (Å²) in [5, 5.41) is 9.45. The van der Waals surface area contributed by atoms with Crippen molar-refractivity contribution in [3.05, 3.63) is 64.7 Å². The average Bonchev–Trinajstić information content (AvgIpc) is 2.61. The third kappa shape index (κ3) is 5.80. The van der Waals surface area contributed by atoms with Crippen LogP contribution in [0.2, 0.25) is 5.02 Å². The first-order valence-electron chi connectivity index (χ1n) is 7.98. The number of carbonyl (C=O) groups excluding carboxylic acids is 1. The zero-order valence-electron chi connectivity index (χ0n) is 13.9. The van der Waals surface area contributed by atoms with Crippen LogP contribution in [-0.2, 0) is 11.4 Å². The minimum absolute atomic E-state index is 0.0770. The molecule has 0 radical (unpaired) electrons. The quantitative estimate of drug-likeness (QED) is 0.775. The van der Waals surface area contributed by atoms with Gasteiger partial charge in [-0.2, -0.15) is 0 Å². The number of carbonyl (C=O) groups is 2. The molecule has 0 heterocycles. The molecular formula is C19H20ClNO4. The minimum Gasteiger partial charge on any atom is -0.489 e. The summed E-state index contributed by atoms with van der Waals surface area (Å²) in [6, 6.07) is 14.2. The largest absolute Gasteiger partial charge is 0.489 e. The van der Waals surface area contributed by atoms with Crippen LogP contribution in [0.1, 0.15) is 29.3 Å². The molecule has 2 rings (SSSR count). The molecule has 0 aliphatic heterocycles. The van der Waals surface area contributed by atoms with Gasteiger partial charge < -0.3 is 14.7 Å². The summed E-state index contributed by atoms with van der Waals surface area (Å²) >= 11 is 5.85. The lowest BCUT2D eigenvalue weighted by Crippen LogP contribution is -2.32. The zero-order valence-corrected chi connectivity index (χ0v) is 14.7. The van der Waals surface area contributed by atoms with Crippen LogP contribution in [-0.4, -0.2) is 35.0 Å². The van der Waals surface area contributed by atoms with Gasteiger partial charge in [-0.1, -0.05) is 29.8 Å². The van der Waals surface area contributed by atoms with Crippen LogP contribution in [0.4, 0.5) is 0 Å². The highest BCUT2D eigenvalue weighted by molar-refractivity contribution is 6.30. The Bertz CT molecular complexity index is 730. The van der Waals surface area contributed by atoms with Crippen molar-refractivity contribution in [2.75, 3.05) is 13.1 Å². The fourth-order valence-electron chi connectivity index (χ4n) is 2.28. The van der Waals surface area contributed by atoms with Gasteiger partial charge in [-0.05, 0) is 42.8 Å². The SMILES string of the molecule is CCN(CCC(=O)O)C(=O)c1cccc(OCc2ccc(Cl)cc2)c1. The molecule has 132 valence electrons. The third-order valence-corrected chi connectivity index (χ3v) is 3.92. The van der Waals surface area contributed by atoms with Crippen LogP contribution in [0.5, 0.6) is 5.75 Å². The van der Waals surface area contributed by atoms with E-state index in [9.17, 15) is 9.59 Å². The van der Waals surface area contributed by atoms with Crippen molar-refractivity contribution >= 4 is 23.5 Å². The van der Waals surface area contributed by atoms with Gasteiger partial charge in [0.1, 0.15) is 12.4 Å². The number of carboxylic acid groups (broad SMARTS) is 1. The summed E-state index contributed by atoms with van der Waals surface area (Å²) in [6.07, 6.45) is -0.0770. The molecule has 0 spiro atoms. The maximum atomic E-state index is 12.5. The number of aliphatic carboxylic acids is 1. The Balaban J connectivity index is 2.02. The summed E-state index contributed by atoms with van der Waals surface area (Å²) in [7, 11) is 0. The van der Waals surface area contributed by atoms with Gasteiger partial charge in [0.05, 0.1) is 6.42 Å². The Morgan fingerprint density at radius 2 is 1.88 bits per heavy atom. The van der Waals surface area contributed by atoms with E-state index in [1.165, 1.54) is 4.90 Å². The van der Waals surface area contributed by atoms with Gasteiger partial charge in [0, 0.05) is 23.7 Å². The van der Waals surface area contributed by atoms with Gasteiger partial charge in [-0.25, -0.2) is 0 Å². The van der Waals surface area contributed by atoms with E-state index in [1.54, 1.807) is 36.4 Å². The van der Waals surface area contributed by atoms with E-state index in [1.807, 2.05) is 19.1 Å². The van der Waals surface area contributed by atoms with Crippen molar-refractivity contribution in [1.82, 2.24) is 4.90 Å². The van der Waals surface area contributed by atoms with Gasteiger partial charge in [-0.3, -0.25) is 9.59 Å². The molecule has 0 bridgehead atoms. The fourth-order valence-corrected chi connectivity index (χ4v) is 2.41. The Morgan fingerprint density at radius 1 is 1.16 bits per heavy atom. The third-order valence-electron chi connectivity index (χ3n) is 3.66. The lowest BCUT2D eigenvalue weighted by atomic mass is 10.1. The molecule has 2 aromatic rings. The second kappa shape index (κ2) is 9.08. The predicted molar refractivity (Wildman–Crippen MR) is 96.1 cm³/mol. The molecule has 0 saturated carbocycles. The average molecular weight is 362 g/mol. The molecule has 25 heavy (non-hydrogen) atoms. The highest BCUT2D eigenvalue weighted by Gasteiger charge is 2.15. The van der Waals surface area contributed by atoms with Crippen LogP contribution in [0.25, 0.3) is 0 Å². The number of rotatable bonds is 8. The second-order valence-corrected chi connectivity index (χ2v) is 5.91. The van der Waals surface area contributed by atoms with E-state index in [4.69, 9.17) is 21.4 Å². The molecule has 0 aliphatic rings. The number of amides is 1. The van der Waals surface area contributed by atoms with Crippen molar-refractivity contribution in [1.29, 1.82) is 0 Å². The maximum absolute atomic E-state index is 12.5. The molecule has 1 amide bonds. The number of carboxylic acids is 1. The van der Waals surface area contributed by atoms with E-state index >= 15 is 0 Å². The van der Waals surface area contributed by atoms with Crippen LogP contribution in [0, 0.1) is 0 Å². The zero-order chi connectivity index (χ0) is 18.2. The minimum atomic E-state index is -0.925. The van der Waals surface area contributed by atoms with Gasteiger partial charge in [0.2, 0.25) is 0 Å². The smallest absolute Gasteiger partial charge is 0.305 e. The number of nitrogens with zero attached hydrogens (tertiary/aromatic N) is 1. The number of hydrogen-bond donors (Lipinski definition) is 1. The van der Waals surface area contributed by atoms with Gasteiger partial charge in [0.15, 0.2) is 0 Å². The molecule has 0 fully saturated rings. The Morgan fingerprint density at radius 3 is 2.52 bits per heavy atom. The highest BCUT2D eigenvalue weighted by atomic mass is 35.5. The summed E-state index contributed by atoms with van der Waals surface area (Å²) in [4.78, 5) is 24.7. The van der Waals surface area contributed by atoms with Crippen LogP contribution in [0.3, 0.4) is 0 Å². The number of benzene rings is 2. The van der Waals surface area contributed by atoms with Gasteiger partial charge >= 0.3 is 5.97 Å². The monoisotopic (exact) mass is 361 g/mol. The molecule has 1 N–H and O–H groups in total. The summed E-state index contributed by atoms with van der Waals surface area (Å²) < 4.78 is 5.73. The van der Waals surface area contributed by atoms with Crippen molar-refractivity contribution < 1.29 is 19.4 Å². The summed E-state index contributed by atoms with van der Waals surface area (Å²) in [6.45, 7) is 2.81. The molecule has 0 atom stereocenters. The lowest BCUT2D eigenvalue weighted by Gasteiger charge is -2.20. The van der Waals surface area contributed by atoms with Gasteiger partial charge in [0.25, 0.3) is 5.91 Å². The molecule has 0 aromatic heterocycles. The molecule has 0 saturated heterocycles. The first-order chi connectivity index (χ1) is 12.0. The summed E-state index contributed by atoms with van der Waals surface area (Å²) in [5.41, 5.74) is 1.44. The standard InChI is InChI=1S/C19H20ClNO4/c1-2-21(11-10-18(22)23)19(24)15-4-3-5-17(12-15)25-13-14-6-8-16(20)9-7-14/h3-9,12H,2,10-11,13H2,1H3,(H,22,23). The molecule has 0 unspecified atom stereocenters. The van der Waals surface area contributed by atoms with Gasteiger partial charge in [-0.15, -0.1) is 0 Å². The van der Waals surface area contributed by atoms with E-state index in [2.05, 4.69) is 0 Å². The molecule has 6 heteroatoms. The molecular weight excluding hydrogens is 342 g/mol. The first kappa shape index (κ1) is 18.8. The molecule has 2 aromatic carbocycles. The molecule has 5 nitrogen and oxygen atoms in total. The highest BCUT2D eigenvalue weighted by Crippen LogP contribution is 2.18. The maximum Gasteiger partial charge on any atom is 0.305 e. The van der Waals surface area contributed by atoms with E-state index in [0.29, 0.717) is 29.5 Å². The van der Waals surface area contributed by atoms with Crippen molar-refractivity contribution in [3.63, 3.8) is 0 Å². The lowest BCUT2D eigenvalue weighted by molar-refractivity contribution is -0.137. The Labute approximate surface area is 151 Å². The van der Waals surface area contributed by atoms with Crippen molar-refractivity contribution in [2.24, 2.45) is 0 Å². The van der Waals surface area contributed by atoms with E-state index in [-0.39, 0.29) is 18.9 Å². The summed E-state index contributed by atoms with van der Waals surface area (Å²) in [5.74, 6) is -0.554. The first-order valence-corrected chi connectivity index (χ1v) is 8.35. The van der Waals surface area contributed by atoms with Crippen molar-refractivity contribution in [2.45, 2.75) is 20.0 Å². The van der Waals surface area contributed by atoms with E-state index in [0.717, 1.165) is 5.56 Å². The van der Waals surface area contributed by atoms with Crippen LogP contribution < -0.4 is 4.74 Å². The topological polar surface area (TPSA) is 66.8 Å². The fraction of sp³-hybridized carbons (Fsp3) is 0.263. The second-order valence-electron chi connectivity index (χ2n) is 5.47. The predicted octanol–water partition coefficient (Wildman–Crippen LogP) is 3.86. The van der Waals surface area contributed by atoms with E-state index < -0.39 is 5.97 Å². The number of halogens is 1. The number of ether oxygens (including phenoxy) is 1. The van der Waals surface area contributed by atoms with Crippen molar-refractivity contribution in [3.8, 4) is 5.75 Å². The normalized spacial score (nSPS) is 10.3.